The summed E-state index contributed by atoms with van der Waals surface area (Å²) in [4.78, 5) is 24.3. The Hall–Kier alpha value is -1.76. The average Bonchev–Trinajstić information content (AvgIpc) is 2.78. The third-order valence-corrected chi connectivity index (χ3v) is 3.64. The van der Waals surface area contributed by atoms with Crippen molar-refractivity contribution < 1.29 is 28.5 Å². The lowest BCUT2D eigenvalue weighted by atomic mass is 10.3. The standard InChI is InChI=1S/C13H16O6S/c1-4-16-12(14)10-8-9(19-7(3)6-18-8)11(20-10)13(15)17-5-2/h7H,4-6H2,1-3H3. The Morgan fingerprint density at radius 1 is 1.15 bits per heavy atom. The SMILES string of the molecule is CCOC(=O)c1sc(C(=O)OCC)c2c1OCC(C)O2. The second-order valence-corrected chi connectivity index (χ2v) is 5.12. The molecule has 0 amide bonds. The van der Waals surface area contributed by atoms with Crippen molar-refractivity contribution in [3.8, 4) is 11.5 Å². The van der Waals surface area contributed by atoms with Gasteiger partial charge in [0.1, 0.15) is 12.7 Å². The largest absolute Gasteiger partial charge is 0.484 e. The molecule has 1 aromatic heterocycles. The molecule has 6 nitrogen and oxygen atoms in total. The van der Waals surface area contributed by atoms with Gasteiger partial charge in [0.2, 0.25) is 0 Å². The Balaban J connectivity index is 2.42. The fourth-order valence-electron chi connectivity index (χ4n) is 1.74. The Morgan fingerprint density at radius 2 is 1.70 bits per heavy atom. The predicted octanol–water partition coefficient (Wildman–Crippen LogP) is 2.26. The highest BCUT2D eigenvalue weighted by Crippen LogP contribution is 2.45. The van der Waals surface area contributed by atoms with E-state index < -0.39 is 11.9 Å². The van der Waals surface area contributed by atoms with Crippen molar-refractivity contribution in [2.75, 3.05) is 19.8 Å². The van der Waals surface area contributed by atoms with Crippen LogP contribution in [0.3, 0.4) is 0 Å². The van der Waals surface area contributed by atoms with E-state index in [9.17, 15) is 9.59 Å². The summed E-state index contributed by atoms with van der Waals surface area (Å²) in [6.07, 6.45) is -0.194. The molecule has 0 fully saturated rings. The normalized spacial score (nSPS) is 16.6. The van der Waals surface area contributed by atoms with Gasteiger partial charge < -0.3 is 18.9 Å². The summed E-state index contributed by atoms with van der Waals surface area (Å²) in [5.41, 5.74) is 0. The minimum atomic E-state index is -0.526. The molecule has 0 radical (unpaired) electrons. The summed E-state index contributed by atoms with van der Waals surface area (Å²) in [7, 11) is 0. The molecule has 0 aromatic carbocycles. The smallest absolute Gasteiger partial charge is 0.352 e. The number of thiophene rings is 1. The van der Waals surface area contributed by atoms with Gasteiger partial charge in [0.15, 0.2) is 21.3 Å². The maximum Gasteiger partial charge on any atom is 0.352 e. The summed E-state index contributed by atoms with van der Waals surface area (Å²) in [6, 6.07) is 0. The van der Waals surface area contributed by atoms with Crippen molar-refractivity contribution >= 4 is 23.3 Å². The van der Waals surface area contributed by atoms with E-state index in [4.69, 9.17) is 18.9 Å². The van der Waals surface area contributed by atoms with E-state index in [-0.39, 0.29) is 40.6 Å². The molecular formula is C13H16O6S. The third-order valence-electron chi connectivity index (χ3n) is 2.53. The first kappa shape index (κ1) is 14.6. The molecule has 1 unspecified atom stereocenters. The van der Waals surface area contributed by atoms with Crippen LogP contribution in [0, 0.1) is 0 Å². The Bertz CT molecular complexity index is 521. The molecule has 2 heterocycles. The molecule has 1 aromatic rings. The predicted molar refractivity (Wildman–Crippen MR) is 71.8 cm³/mol. The lowest BCUT2D eigenvalue weighted by Crippen LogP contribution is -2.26. The molecule has 1 aliphatic rings. The van der Waals surface area contributed by atoms with Gasteiger partial charge in [0.25, 0.3) is 0 Å². The number of ether oxygens (including phenoxy) is 4. The zero-order valence-electron chi connectivity index (χ0n) is 11.6. The van der Waals surface area contributed by atoms with Gasteiger partial charge in [0.05, 0.1) is 13.2 Å². The maximum absolute atomic E-state index is 11.9. The highest BCUT2D eigenvalue weighted by atomic mass is 32.1. The number of rotatable bonds is 4. The highest BCUT2D eigenvalue weighted by molar-refractivity contribution is 7.16. The topological polar surface area (TPSA) is 71.1 Å². The third kappa shape index (κ3) is 2.72. The van der Waals surface area contributed by atoms with Gasteiger partial charge >= 0.3 is 11.9 Å². The van der Waals surface area contributed by atoms with Crippen LogP contribution in [0.2, 0.25) is 0 Å². The van der Waals surface area contributed by atoms with E-state index in [2.05, 4.69) is 0 Å². The molecule has 0 saturated carbocycles. The van der Waals surface area contributed by atoms with Gasteiger partial charge in [-0.05, 0) is 20.8 Å². The maximum atomic E-state index is 11.9. The molecular weight excluding hydrogens is 284 g/mol. The van der Waals surface area contributed by atoms with E-state index in [0.29, 0.717) is 6.61 Å². The quantitative estimate of drug-likeness (QED) is 0.794. The molecule has 0 bridgehead atoms. The lowest BCUT2D eigenvalue weighted by Gasteiger charge is -2.22. The zero-order chi connectivity index (χ0) is 14.7. The molecule has 2 rings (SSSR count). The van der Waals surface area contributed by atoms with Gasteiger partial charge in [0, 0.05) is 0 Å². The van der Waals surface area contributed by atoms with Crippen molar-refractivity contribution in [2.45, 2.75) is 26.9 Å². The number of hydrogen-bond acceptors (Lipinski definition) is 7. The summed E-state index contributed by atoms with van der Waals surface area (Å²) in [6.45, 7) is 6.06. The van der Waals surface area contributed by atoms with E-state index in [0.717, 1.165) is 11.3 Å². The highest BCUT2D eigenvalue weighted by Gasteiger charge is 2.34. The molecule has 0 saturated heterocycles. The number of carbonyl (C=O) groups excluding carboxylic acids is 2. The van der Waals surface area contributed by atoms with Crippen LogP contribution in [-0.4, -0.2) is 37.9 Å². The van der Waals surface area contributed by atoms with Crippen LogP contribution in [0.4, 0.5) is 0 Å². The minimum Gasteiger partial charge on any atom is -0.484 e. The first-order chi connectivity index (χ1) is 9.58. The van der Waals surface area contributed by atoms with Gasteiger partial charge in [-0.15, -0.1) is 11.3 Å². The number of fused-ring (bicyclic) bond motifs is 1. The first-order valence-electron chi connectivity index (χ1n) is 6.38. The monoisotopic (exact) mass is 300 g/mol. The summed E-state index contributed by atoms with van der Waals surface area (Å²) < 4.78 is 21.1. The molecule has 0 N–H and O–H groups in total. The summed E-state index contributed by atoms with van der Waals surface area (Å²) in [5, 5.41) is 0. The molecule has 1 aliphatic heterocycles. The van der Waals surface area contributed by atoms with E-state index in [1.807, 2.05) is 6.92 Å². The second-order valence-electron chi connectivity index (χ2n) is 4.10. The van der Waals surface area contributed by atoms with Gasteiger partial charge in [-0.3, -0.25) is 0 Å². The van der Waals surface area contributed by atoms with Crippen molar-refractivity contribution in [3.05, 3.63) is 9.75 Å². The van der Waals surface area contributed by atoms with Crippen LogP contribution >= 0.6 is 11.3 Å². The average molecular weight is 300 g/mol. The summed E-state index contributed by atoms with van der Waals surface area (Å²) >= 11 is 0.974. The molecule has 0 spiro atoms. The molecule has 7 heteroatoms. The van der Waals surface area contributed by atoms with Crippen molar-refractivity contribution in [2.24, 2.45) is 0 Å². The van der Waals surface area contributed by atoms with E-state index in [1.54, 1.807) is 13.8 Å². The Labute approximate surface area is 120 Å². The van der Waals surface area contributed by atoms with Crippen molar-refractivity contribution in [1.82, 2.24) is 0 Å². The molecule has 110 valence electrons. The molecule has 1 atom stereocenters. The van der Waals surface area contributed by atoms with Crippen molar-refractivity contribution in [3.63, 3.8) is 0 Å². The van der Waals surface area contributed by atoms with Crippen LogP contribution in [-0.2, 0) is 9.47 Å². The molecule has 0 aliphatic carbocycles. The minimum absolute atomic E-state index is 0.194. The van der Waals surface area contributed by atoms with Gasteiger partial charge in [-0.25, -0.2) is 9.59 Å². The van der Waals surface area contributed by atoms with E-state index in [1.165, 1.54) is 0 Å². The van der Waals surface area contributed by atoms with Crippen molar-refractivity contribution in [1.29, 1.82) is 0 Å². The number of carbonyl (C=O) groups is 2. The van der Waals surface area contributed by atoms with E-state index >= 15 is 0 Å². The zero-order valence-corrected chi connectivity index (χ0v) is 12.4. The Kier molecular flexibility index (Phi) is 4.49. The fraction of sp³-hybridized carbons (Fsp3) is 0.538. The van der Waals surface area contributed by atoms with Gasteiger partial charge in [-0.2, -0.15) is 0 Å². The van der Waals surface area contributed by atoms with Crippen LogP contribution < -0.4 is 9.47 Å². The number of esters is 2. The second kappa shape index (κ2) is 6.13. The molecule has 20 heavy (non-hydrogen) atoms. The summed E-state index contributed by atoms with van der Waals surface area (Å²) in [5.74, 6) is -0.505. The van der Waals surface area contributed by atoms with Gasteiger partial charge in [-0.1, -0.05) is 0 Å². The van der Waals surface area contributed by atoms with Crippen LogP contribution in [0.25, 0.3) is 0 Å². The van der Waals surface area contributed by atoms with Crippen LogP contribution in [0.1, 0.15) is 40.1 Å². The Morgan fingerprint density at radius 3 is 2.25 bits per heavy atom. The van der Waals surface area contributed by atoms with Crippen LogP contribution in [0.15, 0.2) is 0 Å². The number of hydrogen-bond donors (Lipinski definition) is 0. The lowest BCUT2D eigenvalue weighted by molar-refractivity contribution is 0.0492. The fourth-order valence-corrected chi connectivity index (χ4v) is 2.70. The van der Waals surface area contributed by atoms with Crippen LogP contribution in [0.5, 0.6) is 11.5 Å². The first-order valence-corrected chi connectivity index (χ1v) is 7.20.